The first-order chi connectivity index (χ1) is 11.4. The van der Waals surface area contributed by atoms with Crippen molar-refractivity contribution in [1.29, 1.82) is 0 Å². The smallest absolute Gasteiger partial charge is 0.255 e. The van der Waals surface area contributed by atoms with Gasteiger partial charge >= 0.3 is 0 Å². The highest BCUT2D eigenvalue weighted by atomic mass is 16.1. The van der Waals surface area contributed by atoms with Gasteiger partial charge in [0.25, 0.3) is 5.91 Å². The number of aromatic nitrogens is 2. The first-order valence-electron chi connectivity index (χ1n) is 7.95. The van der Waals surface area contributed by atoms with Gasteiger partial charge in [-0.15, -0.1) is 0 Å². The first-order valence-corrected chi connectivity index (χ1v) is 7.95. The van der Waals surface area contributed by atoms with Gasteiger partial charge in [0, 0.05) is 17.4 Å². The Balaban J connectivity index is 1.81. The minimum Gasteiger partial charge on any atom is -0.322 e. The Morgan fingerprint density at radius 2 is 1.58 bits per heavy atom. The van der Waals surface area contributed by atoms with E-state index in [1.165, 1.54) is 5.56 Å². The third-order valence-corrected chi connectivity index (χ3v) is 4.02. The van der Waals surface area contributed by atoms with Crippen LogP contribution in [0.1, 0.15) is 32.6 Å². The van der Waals surface area contributed by atoms with E-state index in [1.807, 2.05) is 57.4 Å². The second-order valence-electron chi connectivity index (χ2n) is 6.24. The minimum atomic E-state index is -0.103. The SMILES string of the molecule is Cc1cc(C)c(NC(=O)c2ccc(-n3cc(C)cn3)cc2)c(C)c1. The van der Waals surface area contributed by atoms with Crippen molar-refractivity contribution in [2.75, 3.05) is 5.32 Å². The molecule has 0 saturated carbocycles. The molecule has 1 aromatic heterocycles. The first kappa shape index (κ1) is 16.0. The van der Waals surface area contributed by atoms with Gasteiger partial charge in [-0.05, 0) is 68.7 Å². The van der Waals surface area contributed by atoms with Gasteiger partial charge in [-0.25, -0.2) is 4.68 Å². The lowest BCUT2D eigenvalue weighted by atomic mass is 10.0. The van der Waals surface area contributed by atoms with Crippen LogP contribution in [0.15, 0.2) is 48.8 Å². The fraction of sp³-hybridized carbons (Fsp3) is 0.200. The van der Waals surface area contributed by atoms with Crippen molar-refractivity contribution < 1.29 is 4.79 Å². The number of nitrogens with zero attached hydrogens (tertiary/aromatic N) is 2. The van der Waals surface area contributed by atoms with Crippen molar-refractivity contribution in [3.05, 3.63) is 76.6 Å². The molecule has 0 fully saturated rings. The number of carbonyl (C=O) groups excluding carboxylic acids is 1. The number of carbonyl (C=O) groups is 1. The van der Waals surface area contributed by atoms with Crippen molar-refractivity contribution in [1.82, 2.24) is 9.78 Å². The number of nitrogens with one attached hydrogen (secondary N) is 1. The van der Waals surface area contributed by atoms with E-state index in [9.17, 15) is 4.79 Å². The normalized spacial score (nSPS) is 10.7. The van der Waals surface area contributed by atoms with Crippen LogP contribution in [0.3, 0.4) is 0 Å². The summed E-state index contributed by atoms with van der Waals surface area (Å²) in [5.74, 6) is -0.103. The van der Waals surface area contributed by atoms with Crippen LogP contribution in [0, 0.1) is 27.7 Å². The summed E-state index contributed by atoms with van der Waals surface area (Å²) in [5, 5.41) is 7.30. The molecule has 0 radical (unpaired) electrons. The van der Waals surface area contributed by atoms with E-state index in [-0.39, 0.29) is 5.91 Å². The highest BCUT2D eigenvalue weighted by molar-refractivity contribution is 6.05. The molecule has 1 N–H and O–H groups in total. The highest BCUT2D eigenvalue weighted by Crippen LogP contribution is 2.22. The van der Waals surface area contributed by atoms with Crippen LogP contribution in [0.2, 0.25) is 0 Å². The Morgan fingerprint density at radius 1 is 0.958 bits per heavy atom. The fourth-order valence-electron chi connectivity index (χ4n) is 2.88. The minimum absolute atomic E-state index is 0.103. The number of hydrogen-bond acceptors (Lipinski definition) is 2. The summed E-state index contributed by atoms with van der Waals surface area (Å²) in [5.41, 5.74) is 6.89. The van der Waals surface area contributed by atoms with Gasteiger partial charge in [0.2, 0.25) is 0 Å². The molecule has 0 atom stereocenters. The number of rotatable bonds is 3. The molecule has 1 amide bonds. The summed E-state index contributed by atoms with van der Waals surface area (Å²) >= 11 is 0. The predicted octanol–water partition coefficient (Wildman–Crippen LogP) is 4.36. The average molecular weight is 319 g/mol. The molecule has 0 spiro atoms. The Labute approximate surface area is 142 Å². The molecule has 3 aromatic rings. The van der Waals surface area contributed by atoms with E-state index in [0.717, 1.165) is 28.1 Å². The fourth-order valence-corrected chi connectivity index (χ4v) is 2.88. The third-order valence-electron chi connectivity index (χ3n) is 4.02. The summed E-state index contributed by atoms with van der Waals surface area (Å²) in [7, 11) is 0. The van der Waals surface area contributed by atoms with Crippen LogP contribution in [-0.4, -0.2) is 15.7 Å². The maximum atomic E-state index is 12.5. The van der Waals surface area contributed by atoms with Crippen molar-refractivity contribution >= 4 is 11.6 Å². The molecule has 0 unspecified atom stereocenters. The topological polar surface area (TPSA) is 46.9 Å². The molecule has 122 valence electrons. The zero-order chi connectivity index (χ0) is 17.3. The lowest BCUT2D eigenvalue weighted by molar-refractivity contribution is 0.102. The van der Waals surface area contributed by atoms with Gasteiger partial charge in [0.15, 0.2) is 0 Å². The van der Waals surface area contributed by atoms with Crippen molar-refractivity contribution in [2.24, 2.45) is 0 Å². The predicted molar refractivity (Wildman–Crippen MR) is 96.9 cm³/mol. The third kappa shape index (κ3) is 3.23. The number of benzene rings is 2. The second kappa shape index (κ2) is 6.32. The maximum Gasteiger partial charge on any atom is 0.255 e. The molecule has 0 aliphatic rings. The molecule has 2 aromatic carbocycles. The van der Waals surface area contributed by atoms with Gasteiger partial charge in [-0.1, -0.05) is 17.7 Å². The van der Waals surface area contributed by atoms with Gasteiger partial charge in [0.1, 0.15) is 0 Å². The largest absolute Gasteiger partial charge is 0.322 e. The summed E-state index contributed by atoms with van der Waals surface area (Å²) in [6.45, 7) is 8.08. The van der Waals surface area contributed by atoms with E-state index in [4.69, 9.17) is 0 Å². The molecule has 0 aliphatic heterocycles. The summed E-state index contributed by atoms with van der Waals surface area (Å²) in [4.78, 5) is 12.5. The van der Waals surface area contributed by atoms with E-state index < -0.39 is 0 Å². The Morgan fingerprint density at radius 3 is 2.12 bits per heavy atom. The summed E-state index contributed by atoms with van der Waals surface area (Å²) in [6.07, 6.45) is 3.76. The highest BCUT2D eigenvalue weighted by Gasteiger charge is 2.10. The van der Waals surface area contributed by atoms with E-state index in [0.29, 0.717) is 5.56 Å². The van der Waals surface area contributed by atoms with Crippen LogP contribution in [-0.2, 0) is 0 Å². The molecular formula is C20H21N3O. The Hall–Kier alpha value is -2.88. The molecule has 0 aliphatic carbocycles. The molecule has 4 heteroatoms. The van der Waals surface area contributed by atoms with Crippen LogP contribution < -0.4 is 5.32 Å². The molecular weight excluding hydrogens is 298 g/mol. The maximum absolute atomic E-state index is 12.5. The summed E-state index contributed by atoms with van der Waals surface area (Å²) < 4.78 is 1.80. The average Bonchev–Trinajstić information content (AvgIpc) is 2.97. The quantitative estimate of drug-likeness (QED) is 0.780. The lowest BCUT2D eigenvalue weighted by Gasteiger charge is -2.13. The Kier molecular flexibility index (Phi) is 4.21. The molecule has 1 heterocycles. The van der Waals surface area contributed by atoms with Crippen LogP contribution >= 0.6 is 0 Å². The monoisotopic (exact) mass is 319 g/mol. The molecule has 3 rings (SSSR count). The second-order valence-corrected chi connectivity index (χ2v) is 6.24. The molecule has 4 nitrogen and oxygen atoms in total. The van der Waals surface area contributed by atoms with Crippen molar-refractivity contribution in [2.45, 2.75) is 27.7 Å². The molecule has 24 heavy (non-hydrogen) atoms. The van der Waals surface area contributed by atoms with Gasteiger partial charge in [0.05, 0.1) is 11.9 Å². The van der Waals surface area contributed by atoms with Crippen molar-refractivity contribution in [3.8, 4) is 5.69 Å². The number of hydrogen-bond donors (Lipinski definition) is 1. The van der Waals surface area contributed by atoms with E-state index in [2.05, 4.69) is 29.5 Å². The number of aryl methyl sites for hydroxylation is 4. The lowest BCUT2D eigenvalue weighted by Crippen LogP contribution is -2.14. The standard InChI is InChI=1S/C20H21N3O/c1-13-9-15(3)19(16(4)10-13)22-20(24)17-5-7-18(8-6-17)23-12-14(2)11-21-23/h5-12H,1-4H3,(H,22,24). The molecule has 0 saturated heterocycles. The van der Waals surface area contributed by atoms with Crippen LogP contribution in [0.5, 0.6) is 0 Å². The Bertz CT molecular complexity index is 868. The number of amides is 1. The van der Waals surface area contributed by atoms with Crippen LogP contribution in [0.4, 0.5) is 5.69 Å². The zero-order valence-electron chi connectivity index (χ0n) is 14.4. The molecule has 0 bridgehead atoms. The van der Waals surface area contributed by atoms with Crippen molar-refractivity contribution in [3.63, 3.8) is 0 Å². The van der Waals surface area contributed by atoms with Gasteiger partial charge in [-0.2, -0.15) is 5.10 Å². The van der Waals surface area contributed by atoms with E-state index >= 15 is 0 Å². The zero-order valence-corrected chi connectivity index (χ0v) is 14.4. The van der Waals surface area contributed by atoms with E-state index in [1.54, 1.807) is 4.68 Å². The summed E-state index contributed by atoms with van der Waals surface area (Å²) in [6, 6.07) is 11.6. The van der Waals surface area contributed by atoms with Gasteiger partial charge < -0.3 is 5.32 Å². The van der Waals surface area contributed by atoms with Gasteiger partial charge in [-0.3, -0.25) is 4.79 Å². The van der Waals surface area contributed by atoms with Crippen LogP contribution in [0.25, 0.3) is 5.69 Å². The number of anilines is 1.